The lowest BCUT2D eigenvalue weighted by Crippen LogP contribution is -2.20. The van der Waals surface area contributed by atoms with E-state index in [1.807, 2.05) is 56.3 Å². The third-order valence-electron chi connectivity index (χ3n) is 4.18. The van der Waals surface area contributed by atoms with E-state index < -0.39 is 0 Å². The molecule has 0 atom stereocenters. The number of carbonyl (C=O) groups excluding carboxylic acids is 1. The number of allylic oxidation sites excluding steroid dienone is 2. The van der Waals surface area contributed by atoms with E-state index in [0.29, 0.717) is 17.2 Å². The van der Waals surface area contributed by atoms with E-state index >= 15 is 0 Å². The van der Waals surface area contributed by atoms with Crippen molar-refractivity contribution in [1.82, 2.24) is 0 Å². The molecule has 2 aromatic carbocycles. The molecule has 28 heavy (non-hydrogen) atoms. The summed E-state index contributed by atoms with van der Waals surface area (Å²) in [7, 11) is 0. The molecule has 0 unspecified atom stereocenters. The summed E-state index contributed by atoms with van der Waals surface area (Å²) in [6.45, 7) is 14.3. The van der Waals surface area contributed by atoms with Crippen LogP contribution in [0.2, 0.25) is 0 Å². The van der Waals surface area contributed by atoms with Crippen LogP contribution in [-0.4, -0.2) is 6.03 Å². The van der Waals surface area contributed by atoms with Gasteiger partial charge < -0.3 is 15.4 Å². The van der Waals surface area contributed by atoms with Crippen molar-refractivity contribution in [2.45, 2.75) is 34.6 Å². The molecule has 2 N–H and O–H groups in total. The molecule has 2 rings (SSSR count). The summed E-state index contributed by atoms with van der Waals surface area (Å²) in [6, 6.07) is 12.7. The highest BCUT2D eigenvalue weighted by atomic mass is 79.9. The zero-order valence-electron chi connectivity index (χ0n) is 17.0. The minimum absolute atomic E-state index is 0.131. The second kappa shape index (κ2) is 9.11. The van der Waals surface area contributed by atoms with Crippen molar-refractivity contribution in [3.63, 3.8) is 0 Å². The first-order valence-electron chi connectivity index (χ1n) is 9.08. The van der Waals surface area contributed by atoms with Gasteiger partial charge in [0.15, 0.2) is 5.75 Å². The van der Waals surface area contributed by atoms with E-state index in [1.54, 1.807) is 6.07 Å². The number of nitrogens with one attached hydrogen (secondary N) is 2. The summed E-state index contributed by atoms with van der Waals surface area (Å²) < 4.78 is 6.94. The zero-order valence-corrected chi connectivity index (χ0v) is 18.6. The van der Waals surface area contributed by atoms with Gasteiger partial charge in [-0.15, -0.1) is 0 Å². The molecule has 0 saturated carbocycles. The summed E-state index contributed by atoms with van der Waals surface area (Å²) in [5.41, 5.74) is 3.16. The number of rotatable bonds is 5. The summed E-state index contributed by atoms with van der Waals surface area (Å²) in [4.78, 5) is 12.5. The summed E-state index contributed by atoms with van der Waals surface area (Å²) in [6.07, 6.45) is 1.88. The minimum Gasteiger partial charge on any atom is -0.455 e. The molecule has 0 spiro atoms. The van der Waals surface area contributed by atoms with Gasteiger partial charge >= 0.3 is 6.03 Å². The zero-order chi connectivity index (χ0) is 20.9. The Hall–Kier alpha value is -2.53. The van der Waals surface area contributed by atoms with Crippen LogP contribution in [0.25, 0.3) is 0 Å². The number of aryl methyl sites for hydroxylation is 1. The highest BCUT2D eigenvalue weighted by Crippen LogP contribution is 2.35. The summed E-state index contributed by atoms with van der Waals surface area (Å²) in [5, 5.41) is 5.69. The number of urea groups is 1. The molecule has 0 bridgehead atoms. The number of hydrogen-bond acceptors (Lipinski definition) is 2. The Morgan fingerprint density at radius 3 is 2.32 bits per heavy atom. The Kier molecular flexibility index (Phi) is 7.08. The number of amides is 2. The van der Waals surface area contributed by atoms with Crippen LogP contribution in [0, 0.1) is 12.3 Å². The standard InChI is InChI=1S/C23H27BrN2O2/c1-7-20(16(3)23(4,5)6)28-21-13-10-17(24)14-19(21)26-22(27)25-18-11-8-15(2)9-12-18/h7-14H,3H2,1-2,4-6H3,(H2,25,26,27)/b20-7+. The Balaban J connectivity index is 2.20. The topological polar surface area (TPSA) is 50.4 Å². The predicted molar refractivity (Wildman–Crippen MR) is 121 cm³/mol. The minimum atomic E-state index is -0.344. The van der Waals surface area contributed by atoms with Crippen molar-refractivity contribution in [3.05, 3.63) is 76.5 Å². The van der Waals surface area contributed by atoms with E-state index in [-0.39, 0.29) is 11.4 Å². The lowest BCUT2D eigenvalue weighted by molar-refractivity contribution is 0.262. The number of benzene rings is 2. The molecule has 2 amide bonds. The van der Waals surface area contributed by atoms with Crippen molar-refractivity contribution >= 4 is 33.3 Å². The Bertz CT molecular complexity index is 894. The van der Waals surface area contributed by atoms with Crippen LogP contribution in [0.1, 0.15) is 33.3 Å². The number of carbonyl (C=O) groups is 1. The van der Waals surface area contributed by atoms with E-state index in [1.165, 1.54) is 0 Å². The molecule has 0 aliphatic rings. The van der Waals surface area contributed by atoms with E-state index in [0.717, 1.165) is 21.3 Å². The fraction of sp³-hybridized carbons (Fsp3) is 0.261. The maximum atomic E-state index is 12.5. The molecule has 0 aliphatic heterocycles. The monoisotopic (exact) mass is 442 g/mol. The first kappa shape index (κ1) is 21.8. The largest absolute Gasteiger partial charge is 0.455 e. The smallest absolute Gasteiger partial charge is 0.323 e. The molecule has 0 heterocycles. The second-order valence-electron chi connectivity index (χ2n) is 7.57. The number of halogens is 1. The number of anilines is 2. The fourth-order valence-corrected chi connectivity index (χ4v) is 2.75. The van der Waals surface area contributed by atoms with Gasteiger partial charge in [-0.1, -0.05) is 61.0 Å². The number of hydrogen-bond donors (Lipinski definition) is 2. The van der Waals surface area contributed by atoms with Crippen molar-refractivity contribution in [2.75, 3.05) is 10.6 Å². The van der Waals surface area contributed by atoms with Crippen LogP contribution < -0.4 is 15.4 Å². The fourth-order valence-electron chi connectivity index (χ4n) is 2.39. The van der Waals surface area contributed by atoms with E-state index in [4.69, 9.17) is 4.74 Å². The van der Waals surface area contributed by atoms with Crippen LogP contribution in [0.4, 0.5) is 16.2 Å². The molecule has 0 aliphatic carbocycles. The van der Waals surface area contributed by atoms with E-state index in [2.05, 4.69) is 53.9 Å². The lowest BCUT2D eigenvalue weighted by Gasteiger charge is -2.25. The van der Waals surface area contributed by atoms with Gasteiger partial charge in [0.25, 0.3) is 0 Å². The predicted octanol–water partition coefficient (Wildman–Crippen LogP) is 7.29. The van der Waals surface area contributed by atoms with Crippen LogP contribution in [-0.2, 0) is 0 Å². The molecule has 2 aromatic rings. The van der Waals surface area contributed by atoms with Gasteiger partial charge in [-0.25, -0.2) is 4.79 Å². The van der Waals surface area contributed by atoms with Crippen molar-refractivity contribution in [3.8, 4) is 5.75 Å². The van der Waals surface area contributed by atoms with Gasteiger partial charge in [-0.3, -0.25) is 0 Å². The summed E-state index contributed by atoms with van der Waals surface area (Å²) in [5.74, 6) is 1.22. The maximum absolute atomic E-state index is 12.5. The first-order valence-corrected chi connectivity index (χ1v) is 9.87. The Morgan fingerprint density at radius 1 is 1.11 bits per heavy atom. The lowest BCUT2D eigenvalue weighted by atomic mass is 9.86. The van der Waals surface area contributed by atoms with Gasteiger partial charge in [-0.2, -0.15) is 0 Å². The molecular weight excluding hydrogens is 416 g/mol. The van der Waals surface area contributed by atoms with Crippen LogP contribution in [0.15, 0.2) is 70.9 Å². The summed E-state index contributed by atoms with van der Waals surface area (Å²) >= 11 is 3.45. The van der Waals surface area contributed by atoms with Gasteiger partial charge in [0.1, 0.15) is 5.76 Å². The molecular formula is C23H27BrN2O2. The highest BCUT2D eigenvalue weighted by molar-refractivity contribution is 9.10. The number of ether oxygens (including phenoxy) is 1. The molecule has 4 nitrogen and oxygen atoms in total. The van der Waals surface area contributed by atoms with Gasteiger partial charge in [0.05, 0.1) is 5.69 Å². The first-order chi connectivity index (χ1) is 13.1. The van der Waals surface area contributed by atoms with Crippen LogP contribution in [0.3, 0.4) is 0 Å². The van der Waals surface area contributed by atoms with Gasteiger partial charge in [-0.05, 0) is 61.2 Å². The van der Waals surface area contributed by atoms with Crippen molar-refractivity contribution < 1.29 is 9.53 Å². The Morgan fingerprint density at radius 2 is 1.75 bits per heavy atom. The molecule has 0 aromatic heterocycles. The highest BCUT2D eigenvalue weighted by Gasteiger charge is 2.21. The maximum Gasteiger partial charge on any atom is 0.323 e. The van der Waals surface area contributed by atoms with Gasteiger partial charge in [0.2, 0.25) is 0 Å². The average molecular weight is 443 g/mol. The van der Waals surface area contributed by atoms with Gasteiger partial charge in [0, 0.05) is 10.2 Å². The van der Waals surface area contributed by atoms with Crippen LogP contribution >= 0.6 is 15.9 Å². The Labute approximate surface area is 175 Å². The molecule has 5 heteroatoms. The van der Waals surface area contributed by atoms with Crippen LogP contribution in [0.5, 0.6) is 5.75 Å². The molecule has 0 fully saturated rings. The molecule has 0 radical (unpaired) electrons. The van der Waals surface area contributed by atoms with Crippen molar-refractivity contribution in [1.29, 1.82) is 0 Å². The average Bonchev–Trinajstić information content (AvgIpc) is 2.62. The van der Waals surface area contributed by atoms with Crippen molar-refractivity contribution in [2.24, 2.45) is 5.41 Å². The SMILES string of the molecule is C=C(/C(=C\C)Oc1ccc(Br)cc1NC(=O)Nc1ccc(C)cc1)C(C)(C)C. The molecule has 0 saturated heterocycles. The quantitative estimate of drug-likeness (QED) is 0.377. The molecule has 148 valence electrons. The second-order valence-corrected chi connectivity index (χ2v) is 8.48. The normalized spacial score (nSPS) is 11.7. The third kappa shape index (κ3) is 5.99. The third-order valence-corrected chi connectivity index (χ3v) is 4.68. The van der Waals surface area contributed by atoms with E-state index in [9.17, 15) is 4.79 Å².